The number of fused-ring (bicyclic) bond motifs is 1. The Hall–Kier alpha value is -1.35. The molecule has 0 aliphatic heterocycles. The van der Waals surface area contributed by atoms with Gasteiger partial charge in [-0.3, -0.25) is 4.79 Å². The third-order valence-corrected chi connectivity index (χ3v) is 3.10. The molecule has 0 bridgehead atoms. The van der Waals surface area contributed by atoms with E-state index in [-0.39, 0.29) is 11.5 Å². The van der Waals surface area contributed by atoms with Gasteiger partial charge in [-0.1, -0.05) is 46.3 Å². The maximum atomic E-state index is 11.3. The number of hydrogen-bond acceptors (Lipinski definition) is 2. The molecule has 0 amide bonds. The minimum absolute atomic E-state index is 0.152. The van der Waals surface area contributed by atoms with Crippen molar-refractivity contribution in [3.8, 4) is 5.75 Å². The lowest BCUT2D eigenvalue weighted by molar-refractivity contribution is -0.115. The van der Waals surface area contributed by atoms with E-state index in [1.54, 1.807) is 12.1 Å². The molecule has 0 aromatic heterocycles. The van der Waals surface area contributed by atoms with Gasteiger partial charge in [0.25, 0.3) is 0 Å². The van der Waals surface area contributed by atoms with Gasteiger partial charge in [0.1, 0.15) is 11.5 Å². The van der Waals surface area contributed by atoms with Gasteiger partial charge in [0, 0.05) is 11.8 Å². The van der Waals surface area contributed by atoms with E-state index in [0.717, 1.165) is 16.3 Å². The van der Waals surface area contributed by atoms with Crippen LogP contribution >= 0.6 is 15.9 Å². The summed E-state index contributed by atoms with van der Waals surface area (Å²) in [5, 5.41) is 11.8. The Morgan fingerprint density at radius 3 is 2.81 bits per heavy atom. The third kappa shape index (κ3) is 2.25. The second-order valence-corrected chi connectivity index (χ2v) is 4.24. The van der Waals surface area contributed by atoms with Crippen molar-refractivity contribution in [1.29, 1.82) is 0 Å². The predicted molar refractivity (Wildman–Crippen MR) is 68.1 cm³/mol. The van der Waals surface area contributed by atoms with Crippen LogP contribution in [-0.2, 0) is 11.2 Å². The van der Waals surface area contributed by atoms with Gasteiger partial charge in [-0.25, -0.2) is 0 Å². The first-order chi connectivity index (χ1) is 7.70. The van der Waals surface area contributed by atoms with Gasteiger partial charge in [0.15, 0.2) is 0 Å². The molecule has 0 fully saturated rings. The maximum Gasteiger partial charge on any atom is 0.147 e. The van der Waals surface area contributed by atoms with E-state index in [1.807, 2.05) is 24.3 Å². The topological polar surface area (TPSA) is 37.3 Å². The molecule has 82 valence electrons. The van der Waals surface area contributed by atoms with Gasteiger partial charge in [-0.15, -0.1) is 0 Å². The van der Waals surface area contributed by atoms with Crippen molar-refractivity contribution in [1.82, 2.24) is 0 Å². The number of ketones is 1. The van der Waals surface area contributed by atoms with Crippen LogP contribution in [0.2, 0.25) is 0 Å². The summed E-state index contributed by atoms with van der Waals surface area (Å²) in [5.41, 5.74) is 0.975. The molecule has 2 rings (SSSR count). The van der Waals surface area contributed by atoms with Gasteiger partial charge >= 0.3 is 0 Å². The number of halogens is 1. The van der Waals surface area contributed by atoms with Crippen molar-refractivity contribution >= 4 is 32.5 Å². The van der Waals surface area contributed by atoms with Crippen molar-refractivity contribution in [2.45, 2.75) is 6.42 Å². The molecule has 0 saturated heterocycles. The zero-order valence-corrected chi connectivity index (χ0v) is 10.2. The lowest BCUT2D eigenvalue weighted by Crippen LogP contribution is -2.03. The number of Topliss-reactive ketones (excluding diaryl/α,β-unsaturated/α-hetero) is 1. The molecule has 3 heteroatoms. The number of rotatable bonds is 3. The summed E-state index contributed by atoms with van der Waals surface area (Å²) in [6, 6.07) is 11.1. The van der Waals surface area contributed by atoms with Gasteiger partial charge in [-0.2, -0.15) is 0 Å². The molecule has 0 spiro atoms. The molecular formula is C13H11BrO2. The predicted octanol–water partition coefficient (Wildman–Crippen LogP) is 3.05. The standard InChI is InChI=1S/C13H11BrO2/c14-8-11(15)7-9-4-5-12-10(6-9)2-1-3-13(12)16/h1-6,16H,7-8H2. The number of carbonyl (C=O) groups is 1. The van der Waals surface area contributed by atoms with Crippen LogP contribution in [-0.4, -0.2) is 16.2 Å². The van der Waals surface area contributed by atoms with E-state index in [2.05, 4.69) is 15.9 Å². The van der Waals surface area contributed by atoms with Gasteiger partial charge in [0.05, 0.1) is 5.33 Å². The molecule has 0 radical (unpaired) electrons. The molecule has 2 nitrogen and oxygen atoms in total. The lowest BCUT2D eigenvalue weighted by atomic mass is 10.0. The first-order valence-corrected chi connectivity index (χ1v) is 6.11. The number of phenols is 1. The number of phenolic OH excluding ortho intramolecular Hbond substituents is 1. The second kappa shape index (κ2) is 4.66. The summed E-state index contributed by atoms with van der Waals surface area (Å²) < 4.78 is 0. The molecule has 0 unspecified atom stereocenters. The highest BCUT2D eigenvalue weighted by molar-refractivity contribution is 9.09. The fourth-order valence-electron chi connectivity index (χ4n) is 1.70. The quantitative estimate of drug-likeness (QED) is 0.877. The van der Waals surface area contributed by atoms with Crippen molar-refractivity contribution in [2.75, 3.05) is 5.33 Å². The Morgan fingerprint density at radius 1 is 1.25 bits per heavy atom. The fraction of sp³-hybridized carbons (Fsp3) is 0.154. The number of carbonyl (C=O) groups excluding carboxylic acids is 1. The van der Waals surface area contributed by atoms with Gasteiger partial charge in [-0.05, 0) is 17.0 Å². The van der Waals surface area contributed by atoms with Crippen LogP contribution in [0.3, 0.4) is 0 Å². The minimum Gasteiger partial charge on any atom is -0.507 e. The summed E-state index contributed by atoms with van der Waals surface area (Å²) in [6.45, 7) is 0. The summed E-state index contributed by atoms with van der Waals surface area (Å²) in [4.78, 5) is 11.3. The largest absolute Gasteiger partial charge is 0.507 e. The summed E-state index contributed by atoms with van der Waals surface area (Å²) in [7, 11) is 0. The van der Waals surface area contributed by atoms with Crippen molar-refractivity contribution in [3.05, 3.63) is 42.0 Å². The molecule has 2 aromatic rings. The van der Waals surface area contributed by atoms with Crippen LogP contribution in [0.4, 0.5) is 0 Å². The third-order valence-electron chi connectivity index (χ3n) is 2.47. The zero-order valence-electron chi connectivity index (χ0n) is 8.61. The Balaban J connectivity index is 2.41. The van der Waals surface area contributed by atoms with Crippen LogP contribution in [0, 0.1) is 0 Å². The maximum absolute atomic E-state index is 11.3. The lowest BCUT2D eigenvalue weighted by Gasteiger charge is -2.03. The zero-order chi connectivity index (χ0) is 11.5. The summed E-state index contributed by atoms with van der Waals surface area (Å²) in [6.07, 6.45) is 0.427. The highest BCUT2D eigenvalue weighted by atomic mass is 79.9. The second-order valence-electron chi connectivity index (χ2n) is 3.68. The van der Waals surface area contributed by atoms with Crippen molar-refractivity contribution in [2.24, 2.45) is 0 Å². The minimum atomic E-state index is 0.152. The van der Waals surface area contributed by atoms with Crippen molar-refractivity contribution < 1.29 is 9.90 Å². The highest BCUT2D eigenvalue weighted by Gasteiger charge is 2.04. The van der Waals surface area contributed by atoms with Crippen molar-refractivity contribution in [3.63, 3.8) is 0 Å². The molecule has 0 aliphatic carbocycles. The van der Waals surface area contributed by atoms with E-state index in [9.17, 15) is 9.90 Å². The van der Waals surface area contributed by atoms with Crippen LogP contribution in [0.25, 0.3) is 10.8 Å². The average molecular weight is 279 g/mol. The molecule has 0 atom stereocenters. The Labute approximate surface area is 102 Å². The first-order valence-electron chi connectivity index (χ1n) is 4.99. The number of benzene rings is 2. The molecule has 0 saturated carbocycles. The fourth-order valence-corrected chi connectivity index (χ4v) is 1.90. The number of alkyl halides is 1. The van der Waals surface area contributed by atoms with E-state index in [0.29, 0.717) is 11.8 Å². The Morgan fingerprint density at radius 2 is 2.06 bits per heavy atom. The number of hydrogen-bond donors (Lipinski definition) is 1. The van der Waals surface area contributed by atoms with E-state index in [1.165, 1.54) is 0 Å². The van der Waals surface area contributed by atoms with Crippen LogP contribution in [0.5, 0.6) is 5.75 Å². The summed E-state index contributed by atoms with van der Waals surface area (Å²) in [5.74, 6) is 0.426. The smallest absolute Gasteiger partial charge is 0.147 e. The molecule has 2 aromatic carbocycles. The average Bonchev–Trinajstić information content (AvgIpc) is 2.29. The van der Waals surface area contributed by atoms with E-state index >= 15 is 0 Å². The van der Waals surface area contributed by atoms with Gasteiger partial charge in [0.2, 0.25) is 0 Å². The number of aromatic hydroxyl groups is 1. The van der Waals surface area contributed by atoms with Crippen LogP contribution < -0.4 is 0 Å². The van der Waals surface area contributed by atoms with Gasteiger partial charge < -0.3 is 5.11 Å². The Kier molecular flexibility index (Phi) is 3.25. The van der Waals surface area contributed by atoms with E-state index in [4.69, 9.17) is 0 Å². The SMILES string of the molecule is O=C(CBr)Cc1ccc2c(O)cccc2c1. The first kappa shape index (κ1) is 11.1. The van der Waals surface area contributed by atoms with E-state index < -0.39 is 0 Å². The normalized spacial score (nSPS) is 10.6. The monoisotopic (exact) mass is 278 g/mol. The van der Waals surface area contributed by atoms with Crippen LogP contribution in [0.1, 0.15) is 5.56 Å². The highest BCUT2D eigenvalue weighted by Crippen LogP contribution is 2.25. The molecular weight excluding hydrogens is 268 g/mol. The summed E-state index contributed by atoms with van der Waals surface area (Å²) >= 11 is 3.14. The molecule has 16 heavy (non-hydrogen) atoms. The molecule has 1 N–H and O–H groups in total. The van der Waals surface area contributed by atoms with Crippen LogP contribution in [0.15, 0.2) is 36.4 Å². The molecule has 0 aliphatic rings. The Bertz CT molecular complexity index is 534. The molecule has 0 heterocycles.